The molecular weight excluding hydrogens is 1650 g/mol. The number of fused-ring (bicyclic) bond motifs is 18. The summed E-state index contributed by atoms with van der Waals surface area (Å²) >= 11 is 3.47. The number of thiophene rings is 2. The van der Waals surface area contributed by atoms with E-state index in [9.17, 15) is 0 Å². The second kappa shape index (κ2) is 32.5. The van der Waals surface area contributed by atoms with E-state index in [4.69, 9.17) is 45.5 Å². The molecule has 618 valence electrons. The van der Waals surface area contributed by atoms with Crippen molar-refractivity contribution in [3.8, 4) is 120 Å². The van der Waals surface area contributed by atoms with Gasteiger partial charge < -0.3 is 18.1 Å². The first kappa shape index (κ1) is 52.0. The Labute approximate surface area is 806 Å². The van der Waals surface area contributed by atoms with Crippen LogP contribution in [0.1, 0.15) is 41.1 Å². The van der Waals surface area contributed by atoms with E-state index in [1.165, 1.54) is 24.9 Å². The predicted octanol–water partition coefficient (Wildman–Crippen LogP) is 30.5. The van der Waals surface area contributed by atoms with Crippen molar-refractivity contribution < 1.29 is 45.5 Å². The van der Waals surface area contributed by atoms with E-state index < -0.39 is 181 Å². The monoisotopic (exact) mass is 1750 g/mol. The lowest BCUT2D eigenvalue weighted by molar-refractivity contribution is 0.669. The molecule has 13 nitrogen and oxygen atoms in total. The molecule has 15 heteroatoms. The van der Waals surface area contributed by atoms with Crippen LogP contribution in [0.3, 0.4) is 0 Å². The fraction of sp³-hybridized carbons (Fsp3) is 0. The fourth-order valence-corrected chi connectivity index (χ4v) is 19.4. The maximum absolute atomic E-state index is 8.65. The Balaban J connectivity index is 0.000000123. The highest BCUT2D eigenvalue weighted by Crippen LogP contribution is 2.46. The lowest BCUT2D eigenvalue weighted by atomic mass is 10.1. The molecule has 0 aliphatic heterocycles. The molecule has 0 bridgehead atoms. The Morgan fingerprint density at radius 3 is 0.833 bits per heavy atom. The highest BCUT2D eigenvalue weighted by atomic mass is 32.1. The summed E-state index contributed by atoms with van der Waals surface area (Å²) in [6.45, 7) is 0. The van der Waals surface area contributed by atoms with E-state index in [1.54, 1.807) is 46.9 Å². The van der Waals surface area contributed by atoms with Crippen molar-refractivity contribution in [3.63, 3.8) is 0 Å². The molecule has 9 heterocycles. The van der Waals surface area contributed by atoms with E-state index in [1.807, 2.05) is 164 Å². The van der Waals surface area contributed by atoms with Crippen molar-refractivity contribution in [1.82, 2.24) is 58.6 Å². The first-order chi connectivity index (χ1) is 77.8. The van der Waals surface area contributed by atoms with Gasteiger partial charge in [-0.2, -0.15) is 0 Å². The topological polar surface area (TPSA) is 144 Å². The van der Waals surface area contributed by atoms with E-state index in [-0.39, 0.29) is 85.8 Å². The molecule has 0 fully saturated rings. The number of hydrogen-bond acceptors (Lipinski definition) is 12. The van der Waals surface area contributed by atoms with E-state index in [0.717, 1.165) is 120 Å². The largest absolute Gasteiger partial charge is 0.456 e. The van der Waals surface area contributed by atoms with Crippen LogP contribution < -0.4 is 0 Å². The number of furan rings is 1. The van der Waals surface area contributed by atoms with Crippen LogP contribution in [0.5, 0.6) is 0 Å². The van der Waals surface area contributed by atoms with Gasteiger partial charge in [-0.25, -0.2) is 44.9 Å². The minimum Gasteiger partial charge on any atom is -0.456 e. The van der Waals surface area contributed by atoms with Crippen LogP contribution in [0.4, 0.5) is 0 Å². The number of nitrogens with zero attached hydrogens (tertiary/aromatic N) is 12. The Kier molecular flexibility index (Phi) is 12.8. The zero-order valence-electron chi connectivity index (χ0n) is 98.3. The second-order valence-electron chi connectivity index (χ2n) is 30.5. The van der Waals surface area contributed by atoms with Gasteiger partial charge in [-0.1, -0.05) is 327 Å². The Hall–Kier alpha value is -17.4. The molecule has 27 aromatic rings. The van der Waals surface area contributed by atoms with Gasteiger partial charge in [0.25, 0.3) is 0 Å². The summed E-state index contributed by atoms with van der Waals surface area (Å²) in [5.74, 6) is -1.90. The molecule has 0 unspecified atom stereocenters. The summed E-state index contributed by atoms with van der Waals surface area (Å²) in [6, 6.07) is 66.1. The third-order valence-corrected chi connectivity index (χ3v) is 25.1. The SMILES string of the molecule is [2H]c1c([2H])c([2H])c(-c2nc(-c3cccc(-n4c5ccccc5c5cc6c(cc54)sc4ccccc46)c3)nc(-c3c([2H])c([2H])c([2H])c([2H])c3[2H])n2)c([2H])c1[2H].[2H]c1c([2H])c([2H])c(-c2nc(-c3cccc(-n4c5ccccc5c5cc6oc7ccccc7c6cc54)c3)nc(-c3c([2H])c([2H])c([2H])c([2H])c3[2H])n2)c([2H])c1[2H].[2H]c1c([2H])c([2H])c(-c2nc(-c3cccc(-n4c5ccccc5c5cc6sc7ccccc7c6cc54)c3)nc(-c3c([2H])c([2H])c([2H])c([2H])c3[2H])n2)c([2H])c1[2H]. The lowest BCUT2D eigenvalue weighted by Gasteiger charge is -2.11. The summed E-state index contributed by atoms with van der Waals surface area (Å²) in [6.07, 6.45) is 0. The first-order valence-corrected chi connectivity index (χ1v) is 43.0. The second-order valence-corrected chi connectivity index (χ2v) is 32.7. The van der Waals surface area contributed by atoms with Gasteiger partial charge >= 0.3 is 0 Å². The Bertz CT molecular complexity index is 10400. The molecule has 0 aliphatic rings. The normalized spacial score (nSPS) is 14.8. The Morgan fingerprint density at radius 1 is 0.182 bits per heavy atom. The molecule has 0 N–H and O–H groups in total. The summed E-state index contributed by atoms with van der Waals surface area (Å²) in [5, 5.41) is 12.8. The summed E-state index contributed by atoms with van der Waals surface area (Å²) in [4.78, 5) is 40.9. The highest BCUT2D eigenvalue weighted by molar-refractivity contribution is 7.26. The maximum atomic E-state index is 8.65. The molecule has 0 aliphatic carbocycles. The number of hydrogen-bond donors (Lipinski definition) is 0. The van der Waals surface area contributed by atoms with Crippen molar-refractivity contribution in [2.45, 2.75) is 0 Å². The average molecular weight is 1760 g/mol. The number of rotatable bonds is 12. The van der Waals surface area contributed by atoms with Crippen molar-refractivity contribution in [2.24, 2.45) is 0 Å². The first-order valence-electron chi connectivity index (χ1n) is 56.4. The van der Waals surface area contributed by atoms with Gasteiger partial charge in [0.1, 0.15) is 11.2 Å². The van der Waals surface area contributed by atoms with Gasteiger partial charge in [-0.3, -0.25) is 0 Å². The van der Waals surface area contributed by atoms with Crippen molar-refractivity contribution in [2.75, 3.05) is 0 Å². The van der Waals surface area contributed by atoms with Gasteiger partial charge in [0.2, 0.25) is 0 Å². The molecule has 18 aromatic carbocycles. The third-order valence-electron chi connectivity index (χ3n) is 22.8. The van der Waals surface area contributed by atoms with Crippen molar-refractivity contribution in [1.29, 1.82) is 0 Å². The van der Waals surface area contributed by atoms with Crippen molar-refractivity contribution >= 4 is 150 Å². The number of aromatic nitrogens is 12. The van der Waals surface area contributed by atoms with Gasteiger partial charge in [-0.15, -0.1) is 22.7 Å². The maximum Gasteiger partial charge on any atom is 0.164 e. The average Bonchev–Trinajstić information content (AvgIpc) is 1.57. The minimum atomic E-state index is -0.606. The zero-order chi connectivity index (χ0) is 113. The van der Waals surface area contributed by atoms with Gasteiger partial charge in [-0.05, 0) is 109 Å². The third kappa shape index (κ3) is 13.8. The van der Waals surface area contributed by atoms with E-state index >= 15 is 0 Å². The molecule has 0 radical (unpaired) electrons. The van der Waals surface area contributed by atoms with Crippen molar-refractivity contribution in [3.05, 3.63) is 436 Å². The Morgan fingerprint density at radius 2 is 0.462 bits per heavy atom. The van der Waals surface area contributed by atoms with Crippen LogP contribution in [0, 0.1) is 0 Å². The molecular formula is C117H72N12OS2. The van der Waals surface area contributed by atoms with Gasteiger partial charge in [0.05, 0.1) is 74.2 Å². The van der Waals surface area contributed by atoms with Crippen LogP contribution in [0.15, 0.2) is 440 Å². The highest BCUT2D eigenvalue weighted by Gasteiger charge is 2.24. The molecule has 132 heavy (non-hydrogen) atoms. The van der Waals surface area contributed by atoms with Crippen LogP contribution >= 0.6 is 22.7 Å². The smallest absolute Gasteiger partial charge is 0.164 e. The number of benzene rings is 18. The molecule has 0 spiro atoms. The summed E-state index contributed by atoms with van der Waals surface area (Å²) < 4.78 is 269. The molecule has 0 saturated carbocycles. The summed E-state index contributed by atoms with van der Waals surface area (Å²) in [7, 11) is 0. The van der Waals surface area contributed by atoms with Crippen LogP contribution in [0.2, 0.25) is 0 Å². The molecule has 27 rings (SSSR count). The van der Waals surface area contributed by atoms with Crippen LogP contribution in [-0.4, -0.2) is 58.6 Å². The van der Waals surface area contributed by atoms with Crippen LogP contribution in [-0.2, 0) is 0 Å². The molecule has 0 saturated heterocycles. The summed E-state index contributed by atoms with van der Waals surface area (Å²) in [5.41, 5.74) is 8.87. The van der Waals surface area contributed by atoms with Gasteiger partial charge in [0.15, 0.2) is 52.4 Å². The fourth-order valence-electron chi connectivity index (χ4n) is 17.1. The predicted molar refractivity (Wildman–Crippen MR) is 544 cm³/mol. The van der Waals surface area contributed by atoms with Gasteiger partial charge in [0, 0.05) is 151 Å². The van der Waals surface area contributed by atoms with E-state index in [2.05, 4.69) is 125 Å². The zero-order valence-corrected chi connectivity index (χ0v) is 70.0. The molecule has 9 aromatic heterocycles. The van der Waals surface area contributed by atoms with E-state index in [0.29, 0.717) is 16.7 Å². The lowest BCUT2D eigenvalue weighted by Crippen LogP contribution is -2.01. The standard InChI is InChI=1S/C39H24N4O.2C39H24N4S/c2*1-3-12-25(13-4-1)37-40-38(26-14-5-2-6-15-26)42-39(41-37)27-16-11-17-28(22-27)43-33-20-9-7-18-29(33)31-24-36-32(23-34(31)43)30-19-8-10-21-35(30)44-36;1-3-12-25(13-4-1)37-40-38(26-14-5-2-6-15-26)42-39(41-37)27-16-11-17-28(22-27)43-33-20-9-7-18-29(33)31-23-32-30-19-8-10-21-35(30)44-36(32)24-34(31)43/h3*1-24H/i3*1D,2D,3D,4D,5D,6D,12D,13D,14D,15D. The molecule has 0 atom stereocenters. The quantitative estimate of drug-likeness (QED) is 0.116. The number of para-hydroxylation sites is 4. The minimum absolute atomic E-state index is 0.00228. The molecule has 0 amide bonds. The van der Waals surface area contributed by atoms with Crippen LogP contribution in [0.25, 0.3) is 247 Å².